The molecule has 148 valence electrons. The van der Waals surface area contributed by atoms with Crippen molar-refractivity contribution >= 4 is 17.6 Å². The Morgan fingerprint density at radius 1 is 0.655 bits per heavy atom. The molecule has 0 saturated heterocycles. The number of para-hydroxylation sites is 3. The van der Waals surface area contributed by atoms with E-state index in [4.69, 9.17) is 25.6 Å². The smallest absolute Gasteiger partial charge is 0.339 e. The third-order valence-corrected chi connectivity index (χ3v) is 3.35. The molecule has 0 spiro atoms. The van der Waals surface area contributed by atoms with Gasteiger partial charge in [0.05, 0.1) is 10.6 Å². The lowest BCUT2D eigenvalue weighted by atomic mass is 10.2. The van der Waals surface area contributed by atoms with Gasteiger partial charge in [0, 0.05) is 5.69 Å². The standard InChI is InChI=1S/C14H10N2O6.C6H7N/c17-13(18)9-5-1-3-7-11(9)21-15-16-22-12-8-4-2-6-10(12)14(19)20;7-6-4-2-1-3-5-6/h1-8H,(H,17,18)(H,19,20);1-5H,7H2. The number of carboxylic acids is 2. The highest BCUT2D eigenvalue weighted by Crippen LogP contribution is 2.20. The highest BCUT2D eigenvalue weighted by Gasteiger charge is 2.11. The number of hydrogen-bond donors (Lipinski definition) is 3. The lowest BCUT2D eigenvalue weighted by molar-refractivity contribution is 0.0676. The zero-order valence-electron chi connectivity index (χ0n) is 15.0. The second-order valence-corrected chi connectivity index (χ2v) is 5.36. The molecule has 0 aliphatic carbocycles. The Balaban J connectivity index is 0.000000360. The molecule has 29 heavy (non-hydrogen) atoms. The van der Waals surface area contributed by atoms with E-state index in [2.05, 4.69) is 10.6 Å². The summed E-state index contributed by atoms with van der Waals surface area (Å²) in [4.78, 5) is 31.5. The third-order valence-electron chi connectivity index (χ3n) is 3.35. The summed E-state index contributed by atoms with van der Waals surface area (Å²) in [7, 11) is 0. The van der Waals surface area contributed by atoms with Gasteiger partial charge in [-0.1, -0.05) is 42.5 Å². The minimum atomic E-state index is -1.18. The van der Waals surface area contributed by atoms with Gasteiger partial charge in [-0.25, -0.2) is 9.59 Å². The van der Waals surface area contributed by atoms with E-state index >= 15 is 0 Å². The van der Waals surface area contributed by atoms with E-state index in [0.29, 0.717) is 0 Å². The number of nitrogens with two attached hydrogens (primary N) is 1. The SMILES string of the molecule is Nc1ccccc1.O=C(O)c1ccccc1ON=NOc1ccccc1C(=O)O. The Morgan fingerprint density at radius 3 is 1.38 bits per heavy atom. The Labute approximate surface area is 165 Å². The molecule has 0 saturated carbocycles. The van der Waals surface area contributed by atoms with Crippen LogP contribution in [0.25, 0.3) is 0 Å². The van der Waals surface area contributed by atoms with E-state index in [0.717, 1.165) is 5.69 Å². The molecular weight excluding hydrogens is 378 g/mol. The zero-order chi connectivity index (χ0) is 21.1. The lowest BCUT2D eigenvalue weighted by Crippen LogP contribution is -2.00. The van der Waals surface area contributed by atoms with Gasteiger partial charge < -0.3 is 25.6 Å². The van der Waals surface area contributed by atoms with Crippen molar-refractivity contribution in [1.82, 2.24) is 0 Å². The van der Waals surface area contributed by atoms with Crippen LogP contribution in [0.15, 0.2) is 89.4 Å². The van der Waals surface area contributed by atoms with Gasteiger partial charge in [-0.05, 0) is 36.4 Å². The number of nitrogens with zero attached hydrogens (tertiary/aromatic N) is 2. The molecule has 0 aliphatic heterocycles. The van der Waals surface area contributed by atoms with Crippen molar-refractivity contribution in [1.29, 1.82) is 0 Å². The van der Waals surface area contributed by atoms with Gasteiger partial charge in [-0.15, -0.1) is 0 Å². The van der Waals surface area contributed by atoms with Crippen molar-refractivity contribution in [2.75, 3.05) is 5.73 Å². The van der Waals surface area contributed by atoms with E-state index in [9.17, 15) is 9.59 Å². The van der Waals surface area contributed by atoms with Crippen LogP contribution in [0.4, 0.5) is 5.69 Å². The molecule has 3 rings (SSSR count). The van der Waals surface area contributed by atoms with Crippen LogP contribution >= 0.6 is 0 Å². The maximum Gasteiger partial charge on any atom is 0.339 e. The second kappa shape index (κ2) is 10.7. The monoisotopic (exact) mass is 395 g/mol. The quantitative estimate of drug-likeness (QED) is 0.324. The summed E-state index contributed by atoms with van der Waals surface area (Å²) in [5.41, 5.74) is 6.00. The van der Waals surface area contributed by atoms with Crippen molar-refractivity contribution in [2.45, 2.75) is 0 Å². The van der Waals surface area contributed by atoms with Gasteiger partial charge in [-0.3, -0.25) is 0 Å². The summed E-state index contributed by atoms with van der Waals surface area (Å²) in [5.74, 6) is -2.39. The number of aromatic carboxylic acids is 2. The van der Waals surface area contributed by atoms with Crippen LogP contribution in [0.1, 0.15) is 20.7 Å². The fourth-order valence-corrected chi connectivity index (χ4v) is 2.02. The van der Waals surface area contributed by atoms with Crippen molar-refractivity contribution in [2.24, 2.45) is 10.6 Å². The maximum atomic E-state index is 10.9. The molecule has 0 fully saturated rings. The summed E-state index contributed by atoms with van der Waals surface area (Å²) in [6.45, 7) is 0. The number of carbonyl (C=O) groups is 2. The average molecular weight is 395 g/mol. The molecule has 0 aromatic heterocycles. The molecule has 0 amide bonds. The topological polar surface area (TPSA) is 144 Å². The summed E-state index contributed by atoms with van der Waals surface area (Å²) in [6, 6.07) is 21.2. The fourth-order valence-electron chi connectivity index (χ4n) is 2.02. The van der Waals surface area contributed by atoms with Gasteiger partial charge in [-0.2, -0.15) is 0 Å². The van der Waals surface area contributed by atoms with Crippen LogP contribution < -0.4 is 15.4 Å². The number of hydrogen-bond acceptors (Lipinski definition) is 7. The highest BCUT2D eigenvalue weighted by atomic mass is 16.7. The Hall–Kier alpha value is -4.40. The number of anilines is 1. The summed E-state index contributed by atoms with van der Waals surface area (Å²) in [6.07, 6.45) is 0. The van der Waals surface area contributed by atoms with Crippen molar-refractivity contribution in [3.8, 4) is 11.5 Å². The Morgan fingerprint density at radius 2 is 1.03 bits per heavy atom. The number of nitrogen functional groups attached to an aromatic ring is 1. The van der Waals surface area contributed by atoms with Gasteiger partial charge in [0.2, 0.25) is 0 Å². The van der Waals surface area contributed by atoms with Crippen LogP contribution in [0.5, 0.6) is 11.5 Å². The first kappa shape index (κ1) is 20.9. The first-order chi connectivity index (χ1) is 14.0. The molecule has 0 bridgehead atoms. The van der Waals surface area contributed by atoms with E-state index in [1.165, 1.54) is 36.4 Å². The van der Waals surface area contributed by atoms with Crippen LogP contribution in [0, 0.1) is 0 Å². The molecule has 0 atom stereocenters. The van der Waals surface area contributed by atoms with Crippen molar-refractivity contribution < 1.29 is 29.5 Å². The lowest BCUT2D eigenvalue weighted by Gasteiger charge is -2.02. The maximum absolute atomic E-state index is 10.9. The third kappa shape index (κ3) is 6.68. The fraction of sp³-hybridized carbons (Fsp3) is 0. The molecule has 4 N–H and O–H groups in total. The molecule has 0 radical (unpaired) electrons. The Kier molecular flexibility index (Phi) is 7.70. The van der Waals surface area contributed by atoms with Crippen LogP contribution in [-0.4, -0.2) is 22.2 Å². The van der Waals surface area contributed by atoms with E-state index < -0.39 is 11.9 Å². The summed E-state index contributed by atoms with van der Waals surface area (Å²) >= 11 is 0. The van der Waals surface area contributed by atoms with Crippen molar-refractivity contribution in [3.63, 3.8) is 0 Å². The molecule has 3 aromatic rings. The van der Waals surface area contributed by atoms with Crippen LogP contribution in [0.3, 0.4) is 0 Å². The molecule has 0 unspecified atom stereocenters. The predicted octanol–water partition coefficient (Wildman–Crippen LogP) is 4.09. The van der Waals surface area contributed by atoms with E-state index in [-0.39, 0.29) is 22.6 Å². The number of carboxylic acid groups (broad SMARTS) is 2. The van der Waals surface area contributed by atoms with Gasteiger partial charge >= 0.3 is 11.9 Å². The minimum absolute atomic E-state index is 0.0196. The highest BCUT2D eigenvalue weighted by molar-refractivity contribution is 5.91. The predicted molar refractivity (Wildman–Crippen MR) is 104 cm³/mol. The van der Waals surface area contributed by atoms with Crippen LogP contribution in [-0.2, 0) is 0 Å². The van der Waals surface area contributed by atoms with Crippen LogP contribution in [0.2, 0.25) is 0 Å². The molecule has 0 heterocycles. The normalized spacial score (nSPS) is 9.93. The minimum Gasteiger partial charge on any atom is -0.478 e. The Bertz CT molecular complexity index is 931. The van der Waals surface area contributed by atoms with Crippen molar-refractivity contribution in [3.05, 3.63) is 90.0 Å². The number of benzene rings is 3. The van der Waals surface area contributed by atoms with Gasteiger partial charge in [0.25, 0.3) is 0 Å². The zero-order valence-corrected chi connectivity index (χ0v) is 15.0. The molecule has 9 nitrogen and oxygen atoms in total. The summed E-state index contributed by atoms with van der Waals surface area (Å²) in [5, 5.41) is 24.4. The molecule has 9 heteroatoms. The summed E-state index contributed by atoms with van der Waals surface area (Å²) < 4.78 is 0. The molecule has 3 aromatic carbocycles. The van der Waals surface area contributed by atoms with E-state index in [1.54, 1.807) is 12.1 Å². The number of rotatable bonds is 6. The van der Waals surface area contributed by atoms with Gasteiger partial charge in [0.1, 0.15) is 11.1 Å². The second-order valence-electron chi connectivity index (χ2n) is 5.36. The molecular formula is C20H17N3O6. The largest absolute Gasteiger partial charge is 0.478 e. The average Bonchev–Trinajstić information content (AvgIpc) is 2.72. The first-order valence-corrected chi connectivity index (χ1v) is 8.18. The molecule has 0 aliphatic rings. The van der Waals surface area contributed by atoms with E-state index in [1.807, 2.05) is 30.3 Å². The first-order valence-electron chi connectivity index (χ1n) is 8.18. The van der Waals surface area contributed by atoms with Gasteiger partial charge in [0.15, 0.2) is 11.5 Å².